The molecule has 0 amide bonds. The standard InChI is InChI=1S/C15H19NO/c1-10(2)13-9-15(17)16(11(3)4)14-8-6-5-7-12(13)14/h5-11H,1-4H3. The summed E-state index contributed by atoms with van der Waals surface area (Å²) in [4.78, 5) is 12.2. The van der Waals surface area contributed by atoms with Gasteiger partial charge in [-0.15, -0.1) is 0 Å². The molecule has 17 heavy (non-hydrogen) atoms. The fourth-order valence-corrected chi connectivity index (χ4v) is 2.34. The highest BCUT2D eigenvalue weighted by Gasteiger charge is 2.12. The van der Waals surface area contributed by atoms with Crippen molar-refractivity contribution >= 4 is 10.9 Å². The van der Waals surface area contributed by atoms with Gasteiger partial charge in [-0.1, -0.05) is 32.0 Å². The van der Waals surface area contributed by atoms with Gasteiger partial charge in [0.05, 0.1) is 5.52 Å². The van der Waals surface area contributed by atoms with Crippen molar-refractivity contribution in [3.8, 4) is 0 Å². The van der Waals surface area contributed by atoms with Crippen molar-refractivity contribution in [3.63, 3.8) is 0 Å². The largest absolute Gasteiger partial charge is 0.306 e. The Morgan fingerprint density at radius 3 is 2.29 bits per heavy atom. The van der Waals surface area contributed by atoms with Gasteiger partial charge in [0.1, 0.15) is 0 Å². The van der Waals surface area contributed by atoms with Crippen LogP contribution in [0.4, 0.5) is 0 Å². The van der Waals surface area contributed by atoms with Crippen LogP contribution in [0.2, 0.25) is 0 Å². The Hall–Kier alpha value is -1.57. The molecule has 0 spiro atoms. The van der Waals surface area contributed by atoms with E-state index in [-0.39, 0.29) is 11.6 Å². The third-order valence-electron chi connectivity index (χ3n) is 3.13. The number of hydrogen-bond acceptors (Lipinski definition) is 1. The molecule has 0 atom stereocenters. The molecule has 0 aliphatic carbocycles. The Morgan fingerprint density at radius 1 is 1.06 bits per heavy atom. The summed E-state index contributed by atoms with van der Waals surface area (Å²) in [6.07, 6.45) is 0. The van der Waals surface area contributed by atoms with Gasteiger partial charge in [-0.05, 0) is 31.4 Å². The predicted molar refractivity (Wildman–Crippen MR) is 72.7 cm³/mol. The van der Waals surface area contributed by atoms with Crippen molar-refractivity contribution in [1.29, 1.82) is 0 Å². The molecule has 2 heteroatoms. The zero-order valence-electron chi connectivity index (χ0n) is 10.9. The first-order valence-corrected chi connectivity index (χ1v) is 6.16. The summed E-state index contributed by atoms with van der Waals surface area (Å²) in [7, 11) is 0. The molecule has 0 aliphatic heterocycles. The summed E-state index contributed by atoms with van der Waals surface area (Å²) in [5.74, 6) is 0.370. The maximum atomic E-state index is 12.2. The predicted octanol–water partition coefficient (Wildman–Crippen LogP) is 3.71. The van der Waals surface area contributed by atoms with Crippen LogP contribution in [0, 0.1) is 0 Å². The Labute approximate surface area is 102 Å². The molecule has 0 aliphatic rings. The van der Waals surface area contributed by atoms with Crippen molar-refractivity contribution < 1.29 is 0 Å². The summed E-state index contributed by atoms with van der Waals surface area (Å²) in [5, 5.41) is 1.19. The minimum absolute atomic E-state index is 0.0994. The van der Waals surface area contributed by atoms with Crippen LogP contribution >= 0.6 is 0 Å². The van der Waals surface area contributed by atoms with E-state index in [2.05, 4.69) is 19.9 Å². The van der Waals surface area contributed by atoms with Gasteiger partial charge >= 0.3 is 0 Å². The highest BCUT2D eigenvalue weighted by Crippen LogP contribution is 2.24. The average Bonchev–Trinajstić information content (AvgIpc) is 2.27. The van der Waals surface area contributed by atoms with Gasteiger partial charge in [-0.2, -0.15) is 0 Å². The average molecular weight is 229 g/mol. The van der Waals surface area contributed by atoms with Crippen LogP contribution in [0.5, 0.6) is 0 Å². The number of benzene rings is 1. The Kier molecular flexibility index (Phi) is 3.05. The lowest BCUT2D eigenvalue weighted by Crippen LogP contribution is -2.22. The highest BCUT2D eigenvalue weighted by molar-refractivity contribution is 5.83. The molecule has 0 bridgehead atoms. The quantitative estimate of drug-likeness (QED) is 0.769. The first-order chi connectivity index (χ1) is 8.02. The normalized spacial score (nSPS) is 11.6. The summed E-state index contributed by atoms with van der Waals surface area (Å²) in [5.41, 5.74) is 2.28. The van der Waals surface area contributed by atoms with Crippen LogP contribution in [-0.2, 0) is 0 Å². The monoisotopic (exact) mass is 229 g/mol. The van der Waals surface area contributed by atoms with Gasteiger partial charge < -0.3 is 4.57 Å². The van der Waals surface area contributed by atoms with E-state index in [1.54, 1.807) is 6.07 Å². The van der Waals surface area contributed by atoms with Gasteiger partial charge in [-0.3, -0.25) is 4.79 Å². The maximum absolute atomic E-state index is 12.2. The molecule has 1 heterocycles. The van der Waals surface area contributed by atoms with E-state index in [0.29, 0.717) is 5.92 Å². The molecule has 0 N–H and O–H groups in total. The van der Waals surface area contributed by atoms with Gasteiger partial charge in [0, 0.05) is 17.5 Å². The molecule has 2 aromatic rings. The van der Waals surface area contributed by atoms with Crippen LogP contribution in [0.1, 0.15) is 45.2 Å². The minimum atomic E-state index is 0.0994. The Morgan fingerprint density at radius 2 is 1.71 bits per heavy atom. The Balaban J connectivity index is 2.92. The van der Waals surface area contributed by atoms with Crippen LogP contribution in [-0.4, -0.2) is 4.57 Å². The number of fused-ring (bicyclic) bond motifs is 1. The second-order valence-corrected chi connectivity index (χ2v) is 5.07. The van der Waals surface area contributed by atoms with Gasteiger partial charge in [0.25, 0.3) is 5.56 Å². The zero-order chi connectivity index (χ0) is 12.6. The molecule has 2 nitrogen and oxygen atoms in total. The highest BCUT2D eigenvalue weighted by atomic mass is 16.1. The Bertz CT molecular complexity index is 593. The molecule has 0 fully saturated rings. The fourth-order valence-electron chi connectivity index (χ4n) is 2.34. The summed E-state index contributed by atoms with van der Waals surface area (Å²) in [6.45, 7) is 8.34. The van der Waals surface area contributed by atoms with Gasteiger partial charge in [0.2, 0.25) is 0 Å². The van der Waals surface area contributed by atoms with E-state index in [1.807, 2.05) is 36.6 Å². The van der Waals surface area contributed by atoms with E-state index in [4.69, 9.17) is 0 Å². The third kappa shape index (κ3) is 1.99. The van der Waals surface area contributed by atoms with E-state index in [9.17, 15) is 4.79 Å². The summed E-state index contributed by atoms with van der Waals surface area (Å²) < 4.78 is 1.86. The maximum Gasteiger partial charge on any atom is 0.251 e. The first-order valence-electron chi connectivity index (χ1n) is 6.16. The van der Waals surface area contributed by atoms with Gasteiger partial charge in [0.15, 0.2) is 0 Å². The molecule has 1 aromatic carbocycles. The van der Waals surface area contributed by atoms with Crippen molar-refractivity contribution in [2.45, 2.75) is 39.7 Å². The lowest BCUT2D eigenvalue weighted by atomic mass is 9.98. The molecule has 2 rings (SSSR count). The number of para-hydroxylation sites is 1. The third-order valence-corrected chi connectivity index (χ3v) is 3.13. The second-order valence-electron chi connectivity index (χ2n) is 5.07. The fraction of sp³-hybridized carbons (Fsp3) is 0.400. The number of hydrogen-bond donors (Lipinski definition) is 0. The molecule has 0 saturated heterocycles. The smallest absolute Gasteiger partial charge is 0.251 e. The van der Waals surface area contributed by atoms with Gasteiger partial charge in [-0.25, -0.2) is 0 Å². The molecule has 0 radical (unpaired) electrons. The van der Waals surface area contributed by atoms with E-state index in [0.717, 1.165) is 11.1 Å². The first kappa shape index (κ1) is 11.9. The zero-order valence-corrected chi connectivity index (χ0v) is 10.9. The van der Waals surface area contributed by atoms with Crippen molar-refractivity contribution in [2.24, 2.45) is 0 Å². The number of aromatic nitrogens is 1. The molecule has 0 unspecified atom stereocenters. The lowest BCUT2D eigenvalue weighted by molar-refractivity contribution is 0.598. The number of rotatable bonds is 2. The minimum Gasteiger partial charge on any atom is -0.306 e. The summed E-state index contributed by atoms with van der Waals surface area (Å²) in [6, 6.07) is 10.1. The molecule has 0 saturated carbocycles. The molecule has 1 aromatic heterocycles. The van der Waals surface area contributed by atoms with E-state index in [1.165, 1.54) is 5.39 Å². The van der Waals surface area contributed by atoms with Crippen molar-refractivity contribution in [1.82, 2.24) is 4.57 Å². The SMILES string of the molecule is CC(C)c1cc(=O)n(C(C)C)c2ccccc12. The summed E-state index contributed by atoms with van der Waals surface area (Å²) >= 11 is 0. The molecule has 90 valence electrons. The van der Waals surface area contributed by atoms with Crippen molar-refractivity contribution in [3.05, 3.63) is 46.2 Å². The topological polar surface area (TPSA) is 22.0 Å². The molecular weight excluding hydrogens is 210 g/mol. The number of pyridine rings is 1. The van der Waals surface area contributed by atoms with Crippen LogP contribution < -0.4 is 5.56 Å². The lowest BCUT2D eigenvalue weighted by Gasteiger charge is -2.17. The molecular formula is C15H19NO. The second kappa shape index (κ2) is 4.36. The van der Waals surface area contributed by atoms with Crippen LogP contribution in [0.25, 0.3) is 10.9 Å². The van der Waals surface area contributed by atoms with E-state index < -0.39 is 0 Å². The van der Waals surface area contributed by atoms with E-state index >= 15 is 0 Å². The number of nitrogens with zero attached hydrogens (tertiary/aromatic N) is 1. The van der Waals surface area contributed by atoms with Crippen molar-refractivity contribution in [2.75, 3.05) is 0 Å². The van der Waals surface area contributed by atoms with Crippen LogP contribution in [0.15, 0.2) is 35.1 Å². The van der Waals surface area contributed by atoms with Crippen LogP contribution in [0.3, 0.4) is 0 Å².